The monoisotopic (exact) mass is 402 g/mol. The van der Waals surface area contributed by atoms with E-state index in [9.17, 15) is 13.2 Å². The SMILES string of the molecule is O=C(CCOCC1CCCO1)N1CCC(NS(=O)(=O)c2cccs2)CC1. The summed E-state index contributed by atoms with van der Waals surface area (Å²) in [6.45, 7) is 2.91. The van der Waals surface area contributed by atoms with Gasteiger partial charge in [0.05, 0.1) is 25.7 Å². The van der Waals surface area contributed by atoms with Gasteiger partial charge in [-0.3, -0.25) is 4.79 Å². The van der Waals surface area contributed by atoms with Crippen LogP contribution in [0.4, 0.5) is 0 Å². The molecule has 1 unspecified atom stereocenters. The number of thiophene rings is 1. The van der Waals surface area contributed by atoms with E-state index in [1.165, 1.54) is 11.3 Å². The fraction of sp³-hybridized carbons (Fsp3) is 0.706. The average Bonchev–Trinajstić information content (AvgIpc) is 3.32. The number of amides is 1. The summed E-state index contributed by atoms with van der Waals surface area (Å²) >= 11 is 1.21. The summed E-state index contributed by atoms with van der Waals surface area (Å²) in [5.41, 5.74) is 0. The summed E-state index contributed by atoms with van der Waals surface area (Å²) in [5, 5.41) is 1.75. The Morgan fingerprint density at radius 3 is 2.81 bits per heavy atom. The van der Waals surface area contributed by atoms with E-state index in [0.29, 0.717) is 49.8 Å². The first-order chi connectivity index (χ1) is 12.5. The third kappa shape index (κ3) is 5.50. The van der Waals surface area contributed by atoms with Crippen LogP contribution >= 0.6 is 11.3 Å². The molecule has 1 N–H and O–H groups in total. The minimum absolute atomic E-state index is 0.0666. The predicted octanol–water partition coefficient (Wildman–Crippen LogP) is 1.60. The minimum Gasteiger partial charge on any atom is -0.378 e. The highest BCUT2D eigenvalue weighted by Gasteiger charge is 2.27. The van der Waals surface area contributed by atoms with Gasteiger partial charge in [-0.1, -0.05) is 6.07 Å². The summed E-state index contributed by atoms with van der Waals surface area (Å²) in [7, 11) is -3.45. The Hall–Kier alpha value is -1.000. The van der Waals surface area contributed by atoms with Crippen LogP contribution in [-0.4, -0.2) is 64.3 Å². The molecule has 2 saturated heterocycles. The molecule has 0 aromatic carbocycles. The lowest BCUT2D eigenvalue weighted by molar-refractivity contribution is -0.133. The van der Waals surface area contributed by atoms with Gasteiger partial charge in [0.15, 0.2) is 0 Å². The van der Waals surface area contributed by atoms with Crippen molar-refractivity contribution in [1.82, 2.24) is 9.62 Å². The van der Waals surface area contributed by atoms with Crippen LogP contribution in [0, 0.1) is 0 Å². The predicted molar refractivity (Wildman–Crippen MR) is 98.7 cm³/mol. The molecule has 0 saturated carbocycles. The van der Waals surface area contributed by atoms with E-state index in [1.807, 2.05) is 0 Å². The van der Waals surface area contributed by atoms with Gasteiger partial charge in [0.2, 0.25) is 15.9 Å². The Labute approximate surface area is 158 Å². The van der Waals surface area contributed by atoms with Gasteiger partial charge in [-0.2, -0.15) is 0 Å². The smallest absolute Gasteiger partial charge is 0.250 e. The number of hydrogen-bond acceptors (Lipinski definition) is 6. The summed E-state index contributed by atoms with van der Waals surface area (Å²) < 4.78 is 38.6. The van der Waals surface area contributed by atoms with Crippen LogP contribution < -0.4 is 4.72 Å². The van der Waals surface area contributed by atoms with Gasteiger partial charge in [0, 0.05) is 25.7 Å². The van der Waals surface area contributed by atoms with Gasteiger partial charge in [-0.25, -0.2) is 13.1 Å². The standard InChI is InChI=1S/C17H26N2O5S2/c20-16(7-11-23-13-15-3-1-10-24-15)19-8-5-14(6-9-19)18-26(21,22)17-4-2-12-25-17/h2,4,12,14-15,18H,1,3,5-11,13H2. The quantitative estimate of drug-likeness (QED) is 0.668. The molecule has 0 aliphatic carbocycles. The van der Waals surface area contributed by atoms with Crippen LogP contribution in [0.2, 0.25) is 0 Å². The second-order valence-electron chi connectivity index (χ2n) is 6.67. The number of nitrogens with one attached hydrogen (secondary N) is 1. The van der Waals surface area contributed by atoms with Crippen molar-refractivity contribution < 1.29 is 22.7 Å². The number of hydrogen-bond donors (Lipinski definition) is 1. The molecule has 0 radical (unpaired) electrons. The third-order valence-electron chi connectivity index (χ3n) is 4.72. The first-order valence-electron chi connectivity index (χ1n) is 9.07. The molecular formula is C17H26N2O5S2. The van der Waals surface area contributed by atoms with Gasteiger partial charge in [-0.15, -0.1) is 11.3 Å². The average molecular weight is 403 g/mol. The van der Waals surface area contributed by atoms with Crippen molar-refractivity contribution >= 4 is 27.3 Å². The third-order valence-corrected chi connectivity index (χ3v) is 7.64. The van der Waals surface area contributed by atoms with Crippen LogP contribution in [0.3, 0.4) is 0 Å². The Morgan fingerprint density at radius 2 is 2.15 bits per heavy atom. The zero-order valence-corrected chi connectivity index (χ0v) is 16.4. The maximum absolute atomic E-state index is 12.3. The van der Waals surface area contributed by atoms with Gasteiger partial charge in [-0.05, 0) is 37.1 Å². The molecule has 2 fully saturated rings. The van der Waals surface area contributed by atoms with E-state index in [4.69, 9.17) is 9.47 Å². The molecule has 1 atom stereocenters. The second kappa shape index (κ2) is 9.27. The van der Waals surface area contributed by atoms with Crippen molar-refractivity contribution in [3.05, 3.63) is 17.5 Å². The van der Waals surface area contributed by atoms with Gasteiger partial charge in [0.1, 0.15) is 4.21 Å². The van der Waals surface area contributed by atoms with Crippen molar-refractivity contribution in [1.29, 1.82) is 0 Å². The highest BCUT2D eigenvalue weighted by Crippen LogP contribution is 2.19. The van der Waals surface area contributed by atoms with Crippen molar-refractivity contribution in [2.75, 3.05) is 32.9 Å². The van der Waals surface area contributed by atoms with Crippen molar-refractivity contribution in [3.63, 3.8) is 0 Å². The second-order valence-corrected chi connectivity index (χ2v) is 9.56. The molecule has 2 aliphatic rings. The Bertz CT molecular complexity index is 663. The number of sulfonamides is 1. The molecule has 9 heteroatoms. The molecule has 1 aromatic heterocycles. The summed E-state index contributed by atoms with van der Waals surface area (Å²) in [5.74, 6) is 0.0666. The molecule has 26 heavy (non-hydrogen) atoms. The van der Waals surface area contributed by atoms with E-state index < -0.39 is 10.0 Å². The zero-order valence-electron chi connectivity index (χ0n) is 14.8. The normalized spacial score (nSPS) is 22.0. The Kier molecular flexibility index (Phi) is 7.05. The number of likely N-dealkylation sites (tertiary alicyclic amines) is 1. The van der Waals surface area contributed by atoms with E-state index in [-0.39, 0.29) is 18.1 Å². The molecule has 3 rings (SSSR count). The molecule has 3 heterocycles. The highest BCUT2D eigenvalue weighted by molar-refractivity contribution is 7.91. The number of ether oxygens (including phenoxy) is 2. The fourth-order valence-corrected chi connectivity index (χ4v) is 5.56. The lowest BCUT2D eigenvalue weighted by Gasteiger charge is -2.32. The van der Waals surface area contributed by atoms with Crippen molar-refractivity contribution in [3.8, 4) is 0 Å². The van der Waals surface area contributed by atoms with Gasteiger partial charge < -0.3 is 14.4 Å². The molecule has 0 bridgehead atoms. The number of nitrogens with zero attached hydrogens (tertiary/aromatic N) is 1. The lowest BCUT2D eigenvalue weighted by Crippen LogP contribution is -2.46. The highest BCUT2D eigenvalue weighted by atomic mass is 32.2. The summed E-state index contributed by atoms with van der Waals surface area (Å²) in [6, 6.07) is 3.20. The molecule has 1 aromatic rings. The fourth-order valence-electron chi connectivity index (χ4n) is 3.25. The molecular weight excluding hydrogens is 376 g/mol. The summed E-state index contributed by atoms with van der Waals surface area (Å²) in [4.78, 5) is 14.0. The minimum atomic E-state index is -3.45. The largest absolute Gasteiger partial charge is 0.378 e. The van der Waals surface area contributed by atoms with Crippen LogP contribution in [0.25, 0.3) is 0 Å². The zero-order chi connectivity index (χ0) is 18.4. The Balaban J connectivity index is 1.34. The summed E-state index contributed by atoms with van der Waals surface area (Å²) in [6.07, 6.45) is 3.91. The van der Waals surface area contributed by atoms with E-state index in [1.54, 1.807) is 22.4 Å². The number of rotatable bonds is 8. The number of piperidine rings is 1. The van der Waals surface area contributed by atoms with Crippen molar-refractivity contribution in [2.24, 2.45) is 0 Å². The van der Waals surface area contributed by atoms with E-state index in [2.05, 4.69) is 4.72 Å². The number of carbonyl (C=O) groups is 1. The van der Waals surface area contributed by atoms with Crippen LogP contribution in [0.1, 0.15) is 32.1 Å². The van der Waals surface area contributed by atoms with Crippen LogP contribution in [0.15, 0.2) is 21.7 Å². The molecule has 146 valence electrons. The van der Waals surface area contributed by atoms with Crippen LogP contribution in [-0.2, 0) is 24.3 Å². The van der Waals surface area contributed by atoms with Gasteiger partial charge in [0.25, 0.3) is 0 Å². The lowest BCUT2D eigenvalue weighted by atomic mass is 10.1. The van der Waals surface area contributed by atoms with Crippen molar-refractivity contribution in [2.45, 2.75) is 48.5 Å². The molecule has 7 nitrogen and oxygen atoms in total. The first-order valence-corrected chi connectivity index (χ1v) is 11.4. The van der Waals surface area contributed by atoms with E-state index in [0.717, 1.165) is 19.4 Å². The topological polar surface area (TPSA) is 84.9 Å². The first kappa shape index (κ1) is 19.8. The maximum atomic E-state index is 12.3. The van der Waals surface area contributed by atoms with Gasteiger partial charge >= 0.3 is 0 Å². The molecule has 0 spiro atoms. The Morgan fingerprint density at radius 1 is 1.35 bits per heavy atom. The van der Waals surface area contributed by atoms with E-state index >= 15 is 0 Å². The van der Waals surface area contributed by atoms with Crippen LogP contribution in [0.5, 0.6) is 0 Å². The molecule has 2 aliphatic heterocycles. The maximum Gasteiger partial charge on any atom is 0.250 e. The number of carbonyl (C=O) groups excluding carboxylic acids is 1. The molecule has 1 amide bonds.